The quantitative estimate of drug-likeness (QED) is 0.782. The molecule has 0 saturated carbocycles. The standard InChI is InChI=1S/C22H27FN2O3S/c1-2-24-22(15-28-16-22)19-11-10-17(13-20(19)23)14-25-12-6-9-21(29(25,26)27)18-7-4-3-5-8-18/h3-5,7-8,10-11,13,21,24H,2,6,9,12,14-16H2,1H3/t21-/m1/s1. The summed E-state index contributed by atoms with van der Waals surface area (Å²) >= 11 is 0. The summed E-state index contributed by atoms with van der Waals surface area (Å²) in [4.78, 5) is 0. The van der Waals surface area contributed by atoms with Gasteiger partial charge in [-0.25, -0.2) is 12.8 Å². The van der Waals surface area contributed by atoms with Crippen molar-refractivity contribution in [3.8, 4) is 0 Å². The fraction of sp³-hybridized carbons (Fsp3) is 0.455. The number of sulfonamides is 1. The van der Waals surface area contributed by atoms with Gasteiger partial charge >= 0.3 is 0 Å². The largest absolute Gasteiger partial charge is 0.377 e. The van der Waals surface area contributed by atoms with Crippen molar-refractivity contribution >= 4 is 10.0 Å². The average Bonchev–Trinajstić information content (AvgIpc) is 2.67. The monoisotopic (exact) mass is 418 g/mol. The summed E-state index contributed by atoms with van der Waals surface area (Å²) in [6.07, 6.45) is 1.40. The predicted octanol–water partition coefficient (Wildman–Crippen LogP) is 3.33. The molecule has 2 aromatic carbocycles. The summed E-state index contributed by atoms with van der Waals surface area (Å²) in [5.41, 5.74) is 1.58. The molecule has 0 bridgehead atoms. The molecule has 2 aliphatic heterocycles. The lowest BCUT2D eigenvalue weighted by Crippen LogP contribution is -2.57. The number of hydrogen-bond donors (Lipinski definition) is 1. The van der Waals surface area contributed by atoms with E-state index >= 15 is 0 Å². The van der Waals surface area contributed by atoms with E-state index in [0.29, 0.717) is 37.3 Å². The van der Waals surface area contributed by atoms with Crippen molar-refractivity contribution in [1.29, 1.82) is 0 Å². The summed E-state index contributed by atoms with van der Waals surface area (Å²) in [5.74, 6) is -0.319. The molecule has 0 radical (unpaired) electrons. The number of halogens is 1. The van der Waals surface area contributed by atoms with Crippen molar-refractivity contribution in [2.24, 2.45) is 0 Å². The third-order valence-electron chi connectivity index (χ3n) is 5.88. The molecule has 1 N–H and O–H groups in total. The van der Waals surface area contributed by atoms with E-state index in [1.165, 1.54) is 10.4 Å². The van der Waals surface area contributed by atoms with Gasteiger partial charge in [0, 0.05) is 18.7 Å². The van der Waals surface area contributed by atoms with Crippen LogP contribution < -0.4 is 5.32 Å². The highest BCUT2D eigenvalue weighted by atomic mass is 32.2. The van der Waals surface area contributed by atoms with Gasteiger partial charge in [0.1, 0.15) is 11.1 Å². The first-order valence-corrected chi connectivity index (χ1v) is 11.6. The lowest BCUT2D eigenvalue weighted by atomic mass is 9.87. The molecule has 0 unspecified atom stereocenters. The number of likely N-dealkylation sites (N-methyl/N-ethyl adjacent to an activating group) is 1. The maximum atomic E-state index is 14.9. The van der Waals surface area contributed by atoms with Crippen LogP contribution in [0.1, 0.15) is 41.7 Å². The molecule has 0 aliphatic carbocycles. The van der Waals surface area contributed by atoms with Crippen LogP contribution >= 0.6 is 0 Å². The zero-order chi connectivity index (χ0) is 20.5. The molecule has 29 heavy (non-hydrogen) atoms. The van der Waals surface area contributed by atoms with E-state index < -0.39 is 20.8 Å². The number of benzene rings is 2. The Morgan fingerprint density at radius 2 is 1.97 bits per heavy atom. The lowest BCUT2D eigenvalue weighted by molar-refractivity contribution is -0.0793. The van der Waals surface area contributed by atoms with Crippen molar-refractivity contribution in [3.05, 3.63) is 71.0 Å². The highest BCUT2D eigenvalue weighted by Crippen LogP contribution is 2.36. The first-order chi connectivity index (χ1) is 14.0. The number of rotatable bonds is 6. The van der Waals surface area contributed by atoms with Crippen molar-refractivity contribution in [1.82, 2.24) is 9.62 Å². The SMILES string of the molecule is CCNC1(c2ccc(CN3CCC[C@H](c4ccccc4)S3(=O)=O)cc2F)COC1. The fourth-order valence-electron chi connectivity index (χ4n) is 4.33. The van der Waals surface area contributed by atoms with E-state index in [-0.39, 0.29) is 12.4 Å². The topological polar surface area (TPSA) is 58.6 Å². The normalized spacial score (nSPS) is 23.4. The fourth-order valence-corrected chi connectivity index (χ4v) is 6.37. The Kier molecular flexibility index (Phi) is 5.75. The zero-order valence-electron chi connectivity index (χ0n) is 16.6. The van der Waals surface area contributed by atoms with E-state index in [9.17, 15) is 12.8 Å². The minimum atomic E-state index is -3.49. The van der Waals surface area contributed by atoms with Gasteiger partial charge in [0.25, 0.3) is 0 Å². The van der Waals surface area contributed by atoms with Crippen LogP contribution in [0.25, 0.3) is 0 Å². The Morgan fingerprint density at radius 1 is 1.21 bits per heavy atom. The first kappa shape index (κ1) is 20.5. The number of nitrogens with zero attached hydrogens (tertiary/aromatic N) is 1. The van der Waals surface area contributed by atoms with Gasteiger partial charge in [0.05, 0.1) is 18.8 Å². The molecule has 1 atom stereocenters. The van der Waals surface area contributed by atoms with Crippen molar-refractivity contribution in [3.63, 3.8) is 0 Å². The van der Waals surface area contributed by atoms with Crippen LogP contribution in [0, 0.1) is 5.82 Å². The van der Waals surface area contributed by atoms with Crippen molar-refractivity contribution in [2.45, 2.75) is 37.1 Å². The van der Waals surface area contributed by atoms with Gasteiger partial charge in [0.2, 0.25) is 10.0 Å². The minimum Gasteiger partial charge on any atom is -0.377 e. The molecule has 2 aliphatic rings. The number of nitrogens with one attached hydrogen (secondary N) is 1. The van der Waals surface area contributed by atoms with Crippen molar-refractivity contribution < 1.29 is 17.5 Å². The highest BCUT2D eigenvalue weighted by Gasteiger charge is 2.42. The summed E-state index contributed by atoms with van der Waals surface area (Å²) in [6.45, 7) is 4.23. The third kappa shape index (κ3) is 3.84. The first-order valence-electron chi connectivity index (χ1n) is 10.1. The highest BCUT2D eigenvalue weighted by molar-refractivity contribution is 7.89. The van der Waals surface area contributed by atoms with Gasteiger partial charge in [-0.3, -0.25) is 0 Å². The van der Waals surface area contributed by atoms with Gasteiger partial charge in [-0.05, 0) is 36.6 Å². The molecular weight excluding hydrogens is 391 g/mol. The van der Waals surface area contributed by atoms with Crippen LogP contribution in [-0.4, -0.2) is 39.0 Å². The summed E-state index contributed by atoms with van der Waals surface area (Å²) in [7, 11) is -3.49. The average molecular weight is 419 g/mol. The van der Waals surface area contributed by atoms with Crippen LogP contribution in [0.15, 0.2) is 48.5 Å². The maximum Gasteiger partial charge on any atom is 0.221 e. The van der Waals surface area contributed by atoms with E-state index in [1.807, 2.05) is 43.3 Å². The van der Waals surface area contributed by atoms with Crippen LogP contribution in [0.4, 0.5) is 4.39 Å². The van der Waals surface area contributed by atoms with Gasteiger partial charge in [-0.15, -0.1) is 0 Å². The van der Waals surface area contributed by atoms with E-state index in [4.69, 9.17) is 4.74 Å². The van der Waals surface area contributed by atoms with Gasteiger partial charge in [0.15, 0.2) is 0 Å². The Morgan fingerprint density at radius 3 is 2.59 bits per heavy atom. The summed E-state index contributed by atoms with van der Waals surface area (Å²) in [5, 5.41) is 2.78. The van der Waals surface area contributed by atoms with Crippen LogP contribution in [0.3, 0.4) is 0 Å². The van der Waals surface area contributed by atoms with Crippen LogP contribution in [0.5, 0.6) is 0 Å². The van der Waals surface area contributed by atoms with E-state index in [1.54, 1.807) is 6.07 Å². The molecule has 2 saturated heterocycles. The molecule has 5 nitrogen and oxygen atoms in total. The van der Waals surface area contributed by atoms with Crippen molar-refractivity contribution in [2.75, 3.05) is 26.3 Å². The Balaban J connectivity index is 1.55. The van der Waals surface area contributed by atoms with Gasteiger partial charge in [-0.2, -0.15) is 4.31 Å². The Hall–Kier alpha value is -1.80. The second kappa shape index (κ2) is 8.14. The molecule has 7 heteroatoms. The molecule has 2 heterocycles. The second-order valence-corrected chi connectivity index (χ2v) is 9.95. The molecular formula is C22H27FN2O3S. The molecule has 2 aromatic rings. The number of ether oxygens (including phenoxy) is 1. The molecule has 0 spiro atoms. The summed E-state index contributed by atoms with van der Waals surface area (Å²) in [6, 6.07) is 14.4. The lowest BCUT2D eigenvalue weighted by Gasteiger charge is -2.42. The minimum absolute atomic E-state index is 0.188. The Labute approximate surface area is 171 Å². The van der Waals surface area contributed by atoms with Gasteiger partial charge in [-0.1, -0.05) is 49.4 Å². The van der Waals surface area contributed by atoms with E-state index in [0.717, 1.165) is 18.5 Å². The van der Waals surface area contributed by atoms with Crippen LogP contribution in [-0.2, 0) is 26.8 Å². The molecule has 0 aromatic heterocycles. The zero-order valence-corrected chi connectivity index (χ0v) is 17.4. The van der Waals surface area contributed by atoms with E-state index in [2.05, 4.69) is 5.32 Å². The summed E-state index contributed by atoms with van der Waals surface area (Å²) < 4.78 is 48.1. The Bertz CT molecular complexity index is 961. The predicted molar refractivity (Wildman–Crippen MR) is 110 cm³/mol. The third-order valence-corrected chi connectivity index (χ3v) is 8.14. The molecule has 4 rings (SSSR count). The van der Waals surface area contributed by atoms with Gasteiger partial charge < -0.3 is 10.1 Å². The number of hydrogen-bond acceptors (Lipinski definition) is 4. The maximum absolute atomic E-state index is 14.9. The second-order valence-electron chi connectivity index (χ2n) is 7.84. The smallest absolute Gasteiger partial charge is 0.221 e. The van der Waals surface area contributed by atoms with Crippen LogP contribution in [0.2, 0.25) is 0 Å². The molecule has 2 fully saturated rings. The molecule has 0 amide bonds. The molecule has 156 valence electrons.